The molecule has 1 N–H and O–H groups in total. The third kappa shape index (κ3) is 4.41. The van der Waals surface area contributed by atoms with Gasteiger partial charge in [-0.1, -0.05) is 48.0 Å². The van der Waals surface area contributed by atoms with E-state index in [9.17, 15) is 9.59 Å². The number of hydrogen-bond donors (Lipinski definition) is 1. The first kappa shape index (κ1) is 20.4. The second kappa shape index (κ2) is 8.80. The summed E-state index contributed by atoms with van der Waals surface area (Å²) in [5.41, 5.74) is 3.40. The quantitative estimate of drug-likeness (QED) is 0.576. The van der Waals surface area contributed by atoms with Crippen LogP contribution in [-0.4, -0.2) is 26.1 Å². The fourth-order valence-electron chi connectivity index (χ4n) is 3.10. The number of hydrogen-bond acceptors (Lipinski definition) is 4. The summed E-state index contributed by atoms with van der Waals surface area (Å²) in [6, 6.07) is 18.1. The Morgan fingerprint density at radius 3 is 2.28 bits per heavy atom. The van der Waals surface area contributed by atoms with E-state index in [1.54, 1.807) is 31.2 Å². The molecule has 0 aromatic heterocycles. The van der Waals surface area contributed by atoms with E-state index in [4.69, 9.17) is 21.1 Å². The van der Waals surface area contributed by atoms with E-state index >= 15 is 0 Å². The van der Waals surface area contributed by atoms with Gasteiger partial charge in [-0.2, -0.15) is 0 Å². The second-order valence-electron chi connectivity index (χ2n) is 6.38. The maximum absolute atomic E-state index is 13.0. The predicted molar refractivity (Wildman–Crippen MR) is 114 cm³/mol. The van der Waals surface area contributed by atoms with Crippen LogP contribution in [0.4, 0.5) is 5.69 Å². The van der Waals surface area contributed by atoms with Crippen LogP contribution in [-0.2, 0) is 4.74 Å². The van der Waals surface area contributed by atoms with E-state index in [2.05, 4.69) is 5.32 Å². The van der Waals surface area contributed by atoms with Crippen molar-refractivity contribution < 1.29 is 19.1 Å². The molecule has 6 heteroatoms. The van der Waals surface area contributed by atoms with Crippen molar-refractivity contribution >= 4 is 29.2 Å². The van der Waals surface area contributed by atoms with Crippen molar-refractivity contribution in [2.24, 2.45) is 0 Å². The molecule has 0 aliphatic rings. The van der Waals surface area contributed by atoms with Crippen molar-refractivity contribution in [3.63, 3.8) is 0 Å². The third-order valence-corrected chi connectivity index (χ3v) is 4.69. The van der Waals surface area contributed by atoms with Crippen LogP contribution in [0.3, 0.4) is 0 Å². The molecule has 0 aliphatic carbocycles. The number of benzene rings is 3. The van der Waals surface area contributed by atoms with E-state index in [1.165, 1.54) is 20.3 Å². The summed E-state index contributed by atoms with van der Waals surface area (Å²) in [6.07, 6.45) is 0. The van der Waals surface area contributed by atoms with Crippen LogP contribution in [0.25, 0.3) is 11.1 Å². The highest BCUT2D eigenvalue weighted by atomic mass is 35.5. The summed E-state index contributed by atoms with van der Waals surface area (Å²) in [7, 11) is 2.78. The molecular formula is C23H20ClNO4. The highest BCUT2D eigenvalue weighted by Gasteiger charge is 2.20. The van der Waals surface area contributed by atoms with E-state index < -0.39 is 11.9 Å². The van der Waals surface area contributed by atoms with Gasteiger partial charge in [-0.05, 0) is 47.9 Å². The molecule has 0 atom stereocenters. The lowest BCUT2D eigenvalue weighted by molar-refractivity contribution is 0.0602. The molecule has 0 saturated carbocycles. The molecule has 3 rings (SSSR count). The molecule has 29 heavy (non-hydrogen) atoms. The number of halogens is 1. The van der Waals surface area contributed by atoms with Crippen molar-refractivity contribution in [2.45, 2.75) is 6.92 Å². The van der Waals surface area contributed by atoms with Gasteiger partial charge in [0.2, 0.25) is 0 Å². The van der Waals surface area contributed by atoms with E-state index in [0.29, 0.717) is 16.5 Å². The Bertz CT molecular complexity index is 1060. The number of methoxy groups -OCH3 is 2. The van der Waals surface area contributed by atoms with E-state index in [0.717, 1.165) is 16.7 Å². The molecular weight excluding hydrogens is 390 g/mol. The molecule has 0 spiro atoms. The number of carbonyl (C=O) groups excluding carboxylic acids is 2. The van der Waals surface area contributed by atoms with Gasteiger partial charge in [0, 0.05) is 5.02 Å². The molecule has 0 heterocycles. The van der Waals surface area contributed by atoms with E-state index in [1.807, 2.05) is 30.3 Å². The first-order chi connectivity index (χ1) is 13.9. The number of esters is 1. The van der Waals surface area contributed by atoms with Crippen molar-refractivity contribution in [3.8, 4) is 16.9 Å². The lowest BCUT2D eigenvalue weighted by Gasteiger charge is -2.15. The van der Waals surface area contributed by atoms with Crippen LogP contribution in [0.2, 0.25) is 5.02 Å². The first-order valence-electron chi connectivity index (χ1n) is 8.88. The number of anilines is 1. The van der Waals surface area contributed by atoms with Gasteiger partial charge < -0.3 is 14.8 Å². The van der Waals surface area contributed by atoms with Crippen molar-refractivity contribution in [2.75, 3.05) is 19.5 Å². The molecule has 0 fully saturated rings. The van der Waals surface area contributed by atoms with Crippen LogP contribution in [0.1, 0.15) is 26.3 Å². The molecule has 148 valence electrons. The fourth-order valence-corrected chi connectivity index (χ4v) is 3.38. The highest BCUT2D eigenvalue weighted by Crippen LogP contribution is 2.30. The minimum Gasteiger partial charge on any atom is -0.496 e. The molecule has 0 unspecified atom stereocenters. The number of nitrogens with one attached hydrogen (secondary N) is 1. The van der Waals surface area contributed by atoms with Gasteiger partial charge in [-0.25, -0.2) is 4.79 Å². The standard InChI is InChI=1S/C23H20ClNO4/c1-14-11-17(24)13-19(21(14)28-2)22(26)25-20-12-16(15-7-5-4-6-8-15)9-10-18(20)23(27)29-3/h4-13H,1-3H3,(H,25,26). The highest BCUT2D eigenvalue weighted by molar-refractivity contribution is 6.31. The van der Waals surface area contributed by atoms with Gasteiger partial charge in [-0.3, -0.25) is 4.79 Å². The Balaban J connectivity index is 2.05. The summed E-state index contributed by atoms with van der Waals surface area (Å²) in [5.74, 6) is -0.567. The van der Waals surface area contributed by atoms with Gasteiger partial charge >= 0.3 is 5.97 Å². The molecule has 0 bridgehead atoms. The smallest absolute Gasteiger partial charge is 0.339 e. The van der Waals surface area contributed by atoms with Crippen LogP contribution in [0.5, 0.6) is 5.75 Å². The summed E-state index contributed by atoms with van der Waals surface area (Å²) in [6.45, 7) is 1.80. The number of carbonyl (C=O) groups is 2. The van der Waals surface area contributed by atoms with Crippen molar-refractivity contribution in [1.29, 1.82) is 0 Å². The Kier molecular flexibility index (Phi) is 6.20. The lowest BCUT2D eigenvalue weighted by Crippen LogP contribution is -2.17. The zero-order valence-corrected chi connectivity index (χ0v) is 17.0. The predicted octanol–water partition coefficient (Wildman–Crippen LogP) is 5.36. The number of amides is 1. The van der Waals surface area contributed by atoms with Crippen LogP contribution < -0.4 is 10.1 Å². The topological polar surface area (TPSA) is 64.6 Å². The molecule has 0 saturated heterocycles. The largest absolute Gasteiger partial charge is 0.496 e. The maximum atomic E-state index is 13.0. The normalized spacial score (nSPS) is 10.3. The van der Waals surface area contributed by atoms with Crippen molar-refractivity contribution in [3.05, 3.63) is 82.4 Å². The van der Waals surface area contributed by atoms with Crippen LogP contribution >= 0.6 is 11.6 Å². The molecule has 0 radical (unpaired) electrons. The average Bonchev–Trinajstić information content (AvgIpc) is 2.73. The van der Waals surface area contributed by atoms with Gasteiger partial charge in [0.1, 0.15) is 5.75 Å². The molecule has 1 amide bonds. The molecule has 0 aliphatic heterocycles. The second-order valence-corrected chi connectivity index (χ2v) is 6.81. The van der Waals surface area contributed by atoms with Crippen LogP contribution in [0.15, 0.2) is 60.7 Å². The van der Waals surface area contributed by atoms with Gasteiger partial charge in [-0.15, -0.1) is 0 Å². The minimum absolute atomic E-state index is 0.248. The Hall–Kier alpha value is -3.31. The summed E-state index contributed by atoms with van der Waals surface area (Å²) >= 11 is 6.13. The number of rotatable bonds is 5. The summed E-state index contributed by atoms with van der Waals surface area (Å²) in [5, 5.41) is 3.22. The van der Waals surface area contributed by atoms with Gasteiger partial charge in [0.05, 0.1) is 31.0 Å². The first-order valence-corrected chi connectivity index (χ1v) is 9.25. The monoisotopic (exact) mass is 409 g/mol. The molecule has 3 aromatic rings. The fraction of sp³-hybridized carbons (Fsp3) is 0.130. The van der Waals surface area contributed by atoms with E-state index in [-0.39, 0.29) is 11.1 Å². The molecule has 3 aromatic carbocycles. The number of aryl methyl sites for hydroxylation is 1. The average molecular weight is 410 g/mol. The zero-order chi connectivity index (χ0) is 21.0. The van der Waals surface area contributed by atoms with Gasteiger partial charge in [0.15, 0.2) is 0 Å². The Morgan fingerprint density at radius 1 is 0.897 bits per heavy atom. The Morgan fingerprint density at radius 2 is 1.62 bits per heavy atom. The summed E-state index contributed by atoms with van der Waals surface area (Å²) in [4.78, 5) is 25.2. The third-order valence-electron chi connectivity index (χ3n) is 4.47. The minimum atomic E-state index is -0.547. The van der Waals surface area contributed by atoms with Crippen LogP contribution in [0, 0.1) is 6.92 Å². The lowest BCUT2D eigenvalue weighted by atomic mass is 10.0. The summed E-state index contributed by atoms with van der Waals surface area (Å²) < 4.78 is 10.2. The maximum Gasteiger partial charge on any atom is 0.339 e. The number of ether oxygens (including phenoxy) is 2. The van der Waals surface area contributed by atoms with Gasteiger partial charge in [0.25, 0.3) is 5.91 Å². The molecule has 5 nitrogen and oxygen atoms in total. The van der Waals surface area contributed by atoms with Crippen molar-refractivity contribution in [1.82, 2.24) is 0 Å². The Labute approximate surface area is 174 Å². The zero-order valence-electron chi connectivity index (χ0n) is 16.3. The SMILES string of the molecule is COC(=O)c1ccc(-c2ccccc2)cc1NC(=O)c1cc(Cl)cc(C)c1OC.